The molecule has 0 heterocycles. The van der Waals surface area contributed by atoms with Gasteiger partial charge in [0.2, 0.25) is 0 Å². The Morgan fingerprint density at radius 2 is 1.86 bits per heavy atom. The number of benzene rings is 1. The van der Waals surface area contributed by atoms with Crippen LogP contribution in [0.3, 0.4) is 0 Å². The molecular weight excluding hydrogens is 215 g/mol. The molecule has 1 nitrogen and oxygen atoms in total. The number of aryl methyl sites for hydroxylation is 1. The van der Waals surface area contributed by atoms with E-state index < -0.39 is 12.4 Å². The predicted molar refractivity (Wildman–Crippen MR) is 51.5 cm³/mol. The molecule has 0 aromatic heterocycles. The van der Waals surface area contributed by atoms with Crippen LogP contribution in [0.5, 0.6) is 5.75 Å². The highest BCUT2D eigenvalue weighted by molar-refractivity contribution is 6.74. The first-order valence-electron chi connectivity index (χ1n) is 3.90. The summed E-state index contributed by atoms with van der Waals surface area (Å²) in [7, 11) is 1.19. The highest BCUT2D eigenvalue weighted by atomic mass is 35.5. The third kappa shape index (κ3) is 2.15. The minimum Gasteiger partial charge on any atom is -0.500 e. The number of hydrogen-bond donors (Lipinski definition) is 0. The standard InChI is InChI=1S/C8H8BClF3O/c1-5-3-6(9(11,12)13)8(14-2)4-7(5)10/h3-4H,1-2H3/q-1. The van der Waals surface area contributed by atoms with Crippen LogP contribution in [0.2, 0.25) is 5.02 Å². The minimum atomic E-state index is -5.06. The number of hydrogen-bond acceptors (Lipinski definition) is 1. The zero-order chi connectivity index (χ0) is 10.9. The van der Waals surface area contributed by atoms with Crippen molar-refractivity contribution >= 4 is 24.0 Å². The Balaban J connectivity index is 3.35. The van der Waals surface area contributed by atoms with E-state index in [-0.39, 0.29) is 10.8 Å². The topological polar surface area (TPSA) is 9.23 Å². The van der Waals surface area contributed by atoms with Gasteiger partial charge in [-0.1, -0.05) is 23.1 Å². The van der Waals surface area contributed by atoms with Gasteiger partial charge in [-0.25, -0.2) is 0 Å². The summed E-state index contributed by atoms with van der Waals surface area (Å²) in [5.41, 5.74) is -0.351. The molecule has 0 atom stereocenters. The molecule has 0 aliphatic carbocycles. The molecule has 0 unspecified atom stereocenters. The Morgan fingerprint density at radius 3 is 2.29 bits per heavy atom. The summed E-state index contributed by atoms with van der Waals surface area (Å²) >= 11 is 5.67. The van der Waals surface area contributed by atoms with Crippen LogP contribution in [0.4, 0.5) is 12.9 Å². The fourth-order valence-corrected chi connectivity index (χ4v) is 1.27. The van der Waals surface area contributed by atoms with Gasteiger partial charge < -0.3 is 17.7 Å². The first kappa shape index (κ1) is 11.2. The van der Waals surface area contributed by atoms with Crippen molar-refractivity contribution in [2.24, 2.45) is 0 Å². The van der Waals surface area contributed by atoms with Gasteiger partial charge in [0.1, 0.15) is 0 Å². The molecule has 78 valence electrons. The van der Waals surface area contributed by atoms with Crippen molar-refractivity contribution in [2.45, 2.75) is 6.92 Å². The Bertz CT molecular complexity index is 351. The van der Waals surface area contributed by atoms with E-state index in [0.717, 1.165) is 6.07 Å². The second-order valence-electron chi connectivity index (χ2n) is 2.92. The van der Waals surface area contributed by atoms with Crippen molar-refractivity contribution in [2.75, 3.05) is 7.11 Å². The second-order valence-corrected chi connectivity index (χ2v) is 3.33. The average molecular weight is 223 g/mol. The summed E-state index contributed by atoms with van der Waals surface area (Å²) in [6.07, 6.45) is 0. The lowest BCUT2D eigenvalue weighted by Crippen LogP contribution is -2.35. The van der Waals surface area contributed by atoms with E-state index in [1.807, 2.05) is 0 Å². The van der Waals surface area contributed by atoms with Crippen LogP contribution in [0.15, 0.2) is 12.1 Å². The Kier molecular flexibility index (Phi) is 2.99. The smallest absolute Gasteiger partial charge is 0.500 e. The maximum atomic E-state index is 12.5. The third-order valence-corrected chi connectivity index (χ3v) is 2.27. The maximum Gasteiger partial charge on any atom is 0.513 e. The zero-order valence-corrected chi connectivity index (χ0v) is 8.41. The Hall–Kier alpha value is -0.835. The summed E-state index contributed by atoms with van der Waals surface area (Å²) in [6.45, 7) is -3.53. The molecule has 0 bridgehead atoms. The van der Waals surface area contributed by atoms with Crippen molar-refractivity contribution in [1.82, 2.24) is 0 Å². The summed E-state index contributed by atoms with van der Waals surface area (Å²) < 4.78 is 42.1. The molecule has 0 amide bonds. The molecule has 0 aliphatic heterocycles. The van der Waals surface area contributed by atoms with Crippen molar-refractivity contribution in [1.29, 1.82) is 0 Å². The molecule has 1 aromatic rings. The molecule has 1 aromatic carbocycles. The molecule has 0 radical (unpaired) electrons. The Morgan fingerprint density at radius 1 is 1.29 bits per heavy atom. The fraction of sp³-hybridized carbons (Fsp3) is 0.250. The van der Waals surface area contributed by atoms with Crippen LogP contribution in [0.1, 0.15) is 5.56 Å². The summed E-state index contributed by atoms with van der Waals surface area (Å²) in [5.74, 6) is -0.229. The van der Waals surface area contributed by atoms with Crippen LogP contribution < -0.4 is 10.2 Å². The quantitative estimate of drug-likeness (QED) is 0.701. The van der Waals surface area contributed by atoms with E-state index in [2.05, 4.69) is 4.74 Å². The number of halogens is 4. The van der Waals surface area contributed by atoms with Crippen molar-refractivity contribution in [3.05, 3.63) is 22.7 Å². The maximum absolute atomic E-state index is 12.5. The molecule has 0 saturated heterocycles. The molecule has 0 aliphatic rings. The molecule has 0 spiro atoms. The van der Waals surface area contributed by atoms with Gasteiger partial charge in [-0.15, -0.1) is 0 Å². The van der Waals surface area contributed by atoms with Crippen LogP contribution in [-0.4, -0.2) is 14.1 Å². The van der Waals surface area contributed by atoms with Gasteiger partial charge >= 0.3 is 6.98 Å². The van der Waals surface area contributed by atoms with Gasteiger partial charge in [-0.2, -0.15) is 0 Å². The van der Waals surface area contributed by atoms with Gasteiger partial charge in [0, 0.05) is 5.02 Å². The summed E-state index contributed by atoms with van der Waals surface area (Å²) in [4.78, 5) is 0. The molecule has 0 fully saturated rings. The van der Waals surface area contributed by atoms with E-state index in [4.69, 9.17) is 11.6 Å². The van der Waals surface area contributed by atoms with Gasteiger partial charge in [0.25, 0.3) is 0 Å². The fourth-order valence-electron chi connectivity index (χ4n) is 1.12. The van der Waals surface area contributed by atoms with Gasteiger partial charge in [-0.3, -0.25) is 0 Å². The zero-order valence-electron chi connectivity index (χ0n) is 7.65. The lowest BCUT2D eigenvalue weighted by atomic mass is 9.78. The van der Waals surface area contributed by atoms with E-state index in [1.54, 1.807) is 0 Å². The second kappa shape index (κ2) is 3.73. The van der Waals surface area contributed by atoms with E-state index in [9.17, 15) is 12.9 Å². The van der Waals surface area contributed by atoms with Crippen molar-refractivity contribution < 1.29 is 17.7 Å². The third-order valence-electron chi connectivity index (χ3n) is 1.86. The monoisotopic (exact) mass is 223 g/mol. The number of ether oxygens (including phenoxy) is 1. The molecule has 6 heteroatoms. The van der Waals surface area contributed by atoms with Crippen molar-refractivity contribution in [3.8, 4) is 5.75 Å². The van der Waals surface area contributed by atoms with Gasteiger partial charge in [0.05, 0.1) is 12.9 Å². The van der Waals surface area contributed by atoms with Crippen LogP contribution in [-0.2, 0) is 0 Å². The van der Waals surface area contributed by atoms with Gasteiger partial charge in [-0.05, 0) is 18.6 Å². The van der Waals surface area contributed by atoms with E-state index >= 15 is 0 Å². The predicted octanol–water partition coefficient (Wildman–Crippen LogP) is 2.71. The molecular formula is C8H8BClF3O-. The molecule has 0 N–H and O–H groups in total. The first-order chi connectivity index (χ1) is 6.36. The molecule has 0 saturated carbocycles. The summed E-state index contributed by atoms with van der Waals surface area (Å²) in [5, 5.41) is 0.269. The number of rotatable bonds is 2. The molecule has 1 rings (SSSR count). The first-order valence-corrected chi connectivity index (χ1v) is 4.28. The normalized spacial score (nSPS) is 11.6. The van der Waals surface area contributed by atoms with Gasteiger partial charge in [0.15, 0.2) is 0 Å². The lowest BCUT2D eigenvalue weighted by molar-refractivity contribution is 0.412. The minimum absolute atomic E-state index is 0.229. The lowest BCUT2D eigenvalue weighted by Gasteiger charge is -2.19. The summed E-state index contributed by atoms with van der Waals surface area (Å²) in [6, 6.07) is 2.18. The largest absolute Gasteiger partial charge is 0.513 e. The Labute approximate surface area is 84.9 Å². The van der Waals surface area contributed by atoms with Crippen molar-refractivity contribution in [3.63, 3.8) is 0 Å². The van der Waals surface area contributed by atoms with Crippen LogP contribution >= 0.6 is 11.6 Å². The van der Waals surface area contributed by atoms with Crippen LogP contribution in [0, 0.1) is 6.92 Å². The van der Waals surface area contributed by atoms with Crippen LogP contribution in [0.25, 0.3) is 0 Å². The highest BCUT2D eigenvalue weighted by Gasteiger charge is 2.29. The van der Waals surface area contributed by atoms with E-state index in [1.165, 1.54) is 20.1 Å². The van der Waals surface area contributed by atoms with E-state index in [0.29, 0.717) is 5.56 Å². The highest BCUT2D eigenvalue weighted by Crippen LogP contribution is 2.24. The SMILES string of the molecule is COc1cc(Cl)c(C)cc1[B-](F)(F)F. The number of methoxy groups -OCH3 is 1. The average Bonchev–Trinajstić information content (AvgIpc) is 2.07. The molecule has 14 heavy (non-hydrogen) atoms.